The Morgan fingerprint density at radius 1 is 0.667 bits per heavy atom. The van der Waals surface area contributed by atoms with Gasteiger partial charge in [-0.3, -0.25) is 0 Å². The molecule has 1 aliphatic heterocycles. The molecule has 0 saturated heterocycles. The van der Waals surface area contributed by atoms with E-state index in [4.69, 9.17) is 0 Å². The van der Waals surface area contributed by atoms with Crippen molar-refractivity contribution in [2.24, 2.45) is 0 Å². The number of rotatable bonds is 0. The topological polar surface area (TPSA) is 3.88 Å². The summed E-state index contributed by atoms with van der Waals surface area (Å²) in [7, 11) is 0. The van der Waals surface area contributed by atoms with E-state index < -0.39 is 0 Å². The molecule has 2 heterocycles. The van der Waals surface area contributed by atoms with Gasteiger partial charge in [-0.1, -0.05) is 66.7 Å². The van der Waals surface area contributed by atoms with Crippen LogP contribution in [0.1, 0.15) is 40.8 Å². The molecule has 3 aromatic carbocycles. The van der Waals surface area contributed by atoms with Crippen molar-refractivity contribution < 1.29 is 4.57 Å². The highest BCUT2D eigenvalue weighted by Crippen LogP contribution is 2.63. The van der Waals surface area contributed by atoms with Gasteiger partial charge in [0.05, 0.1) is 11.0 Å². The Balaban J connectivity index is 1.76. The fourth-order valence-electron chi connectivity index (χ4n) is 6.02. The van der Waals surface area contributed by atoms with Gasteiger partial charge in [-0.2, -0.15) is 4.57 Å². The van der Waals surface area contributed by atoms with Crippen LogP contribution in [-0.4, -0.2) is 0 Å². The molecule has 0 saturated carbocycles. The quantitative estimate of drug-likeness (QED) is 0.332. The van der Waals surface area contributed by atoms with Crippen molar-refractivity contribution in [2.45, 2.75) is 18.4 Å². The summed E-state index contributed by atoms with van der Waals surface area (Å²) in [4.78, 5) is 0. The molecular weight excluding hydrogens is 326 g/mol. The Morgan fingerprint density at radius 2 is 1.30 bits per heavy atom. The van der Waals surface area contributed by atoms with Crippen molar-refractivity contribution in [3.8, 4) is 22.4 Å². The number of hydrogen-bond donors (Lipinski definition) is 0. The molecular formula is C26H18N+. The summed E-state index contributed by atoms with van der Waals surface area (Å²) in [6, 6.07) is 29.9. The van der Waals surface area contributed by atoms with Crippen molar-refractivity contribution in [2.75, 3.05) is 0 Å². The normalized spacial score (nSPS) is 18.5. The number of pyridine rings is 1. The fourth-order valence-corrected chi connectivity index (χ4v) is 6.02. The zero-order valence-corrected chi connectivity index (χ0v) is 15.1. The zero-order chi connectivity index (χ0) is 17.8. The van der Waals surface area contributed by atoms with Crippen LogP contribution in [0, 0.1) is 0 Å². The summed E-state index contributed by atoms with van der Waals surface area (Å²) < 4.78 is 2.47. The molecule has 1 atom stereocenters. The minimum Gasteiger partial charge on any atom is -0.191 e. The highest BCUT2D eigenvalue weighted by Gasteiger charge is 2.57. The molecule has 0 N–H and O–H groups in total. The molecule has 3 aliphatic rings. The predicted molar refractivity (Wildman–Crippen MR) is 107 cm³/mol. The van der Waals surface area contributed by atoms with Crippen LogP contribution in [0.25, 0.3) is 22.4 Å². The van der Waals surface area contributed by atoms with E-state index in [2.05, 4.69) is 96.6 Å². The van der Waals surface area contributed by atoms with E-state index in [1.807, 2.05) is 0 Å². The lowest BCUT2D eigenvalue weighted by Gasteiger charge is -2.30. The van der Waals surface area contributed by atoms with Gasteiger partial charge in [0.25, 0.3) is 0 Å². The van der Waals surface area contributed by atoms with E-state index in [1.54, 1.807) is 0 Å². The number of benzene rings is 3. The molecule has 1 spiro atoms. The lowest BCUT2D eigenvalue weighted by molar-refractivity contribution is -0.694. The smallest absolute Gasteiger partial charge is 0.191 e. The van der Waals surface area contributed by atoms with Crippen molar-refractivity contribution in [1.82, 2.24) is 0 Å². The Morgan fingerprint density at radius 3 is 2.04 bits per heavy atom. The maximum Gasteiger partial charge on any atom is 0.218 e. The average Bonchev–Trinajstić information content (AvgIpc) is 3.31. The number of aromatic nitrogens is 1. The van der Waals surface area contributed by atoms with Crippen LogP contribution in [0.5, 0.6) is 0 Å². The van der Waals surface area contributed by atoms with Gasteiger partial charge in [0.15, 0.2) is 12.2 Å². The lowest BCUT2D eigenvalue weighted by atomic mass is 9.70. The van der Waals surface area contributed by atoms with E-state index in [-0.39, 0.29) is 5.41 Å². The van der Waals surface area contributed by atoms with E-state index in [1.165, 1.54) is 50.2 Å². The van der Waals surface area contributed by atoms with Gasteiger partial charge < -0.3 is 0 Å². The van der Waals surface area contributed by atoms with Gasteiger partial charge in [0.1, 0.15) is 0 Å². The second-order valence-corrected chi connectivity index (χ2v) is 7.96. The second-order valence-electron chi connectivity index (χ2n) is 7.96. The zero-order valence-electron chi connectivity index (χ0n) is 15.1. The van der Waals surface area contributed by atoms with E-state index in [0.717, 1.165) is 0 Å². The SMILES string of the molecule is C[C@@H]1c2cccc3c2-c2c(ccc[n+]21)C31c2ccccc2-c2ccccc21. The fraction of sp³-hybridized carbons (Fsp3) is 0.115. The minimum absolute atomic E-state index is 0.184. The molecule has 0 unspecified atom stereocenters. The highest BCUT2D eigenvalue weighted by atomic mass is 15.0. The summed E-state index contributed by atoms with van der Waals surface area (Å²) in [6.45, 7) is 2.32. The first-order valence-corrected chi connectivity index (χ1v) is 9.71. The molecule has 126 valence electrons. The van der Waals surface area contributed by atoms with E-state index >= 15 is 0 Å². The first kappa shape index (κ1) is 13.9. The minimum atomic E-state index is -0.184. The molecule has 1 heteroatoms. The van der Waals surface area contributed by atoms with Crippen LogP contribution >= 0.6 is 0 Å². The van der Waals surface area contributed by atoms with Gasteiger partial charge in [-0.05, 0) is 33.9 Å². The molecule has 1 aromatic heterocycles. The monoisotopic (exact) mass is 344 g/mol. The van der Waals surface area contributed by atoms with Crippen LogP contribution < -0.4 is 4.57 Å². The summed E-state index contributed by atoms with van der Waals surface area (Å²) in [5.74, 6) is 0. The molecule has 0 amide bonds. The molecule has 4 aromatic rings. The van der Waals surface area contributed by atoms with Crippen molar-refractivity contribution in [1.29, 1.82) is 0 Å². The molecule has 7 rings (SSSR count). The van der Waals surface area contributed by atoms with Gasteiger partial charge in [0, 0.05) is 24.1 Å². The molecule has 27 heavy (non-hydrogen) atoms. The Labute approximate surface area is 158 Å². The molecule has 0 fully saturated rings. The van der Waals surface area contributed by atoms with Crippen molar-refractivity contribution >= 4 is 0 Å². The largest absolute Gasteiger partial charge is 0.218 e. The summed E-state index contributed by atoms with van der Waals surface area (Å²) in [5.41, 5.74) is 12.7. The third-order valence-corrected chi connectivity index (χ3v) is 6.98. The molecule has 2 aliphatic carbocycles. The predicted octanol–water partition coefficient (Wildman–Crippen LogP) is 5.24. The van der Waals surface area contributed by atoms with Crippen LogP contribution in [0.4, 0.5) is 0 Å². The molecule has 0 bridgehead atoms. The third-order valence-electron chi connectivity index (χ3n) is 6.98. The van der Waals surface area contributed by atoms with Crippen LogP contribution in [0.3, 0.4) is 0 Å². The summed E-state index contributed by atoms with van der Waals surface area (Å²) >= 11 is 0. The number of nitrogens with zero attached hydrogens (tertiary/aromatic N) is 1. The van der Waals surface area contributed by atoms with Gasteiger partial charge >= 0.3 is 0 Å². The van der Waals surface area contributed by atoms with Crippen LogP contribution in [-0.2, 0) is 5.41 Å². The van der Waals surface area contributed by atoms with Crippen LogP contribution in [0.15, 0.2) is 85.1 Å². The molecule has 1 nitrogen and oxygen atoms in total. The van der Waals surface area contributed by atoms with Gasteiger partial charge in [-0.25, -0.2) is 0 Å². The van der Waals surface area contributed by atoms with Crippen molar-refractivity contribution in [3.63, 3.8) is 0 Å². The average molecular weight is 344 g/mol. The second kappa shape index (κ2) is 4.37. The van der Waals surface area contributed by atoms with Crippen LogP contribution in [0.2, 0.25) is 0 Å². The van der Waals surface area contributed by atoms with E-state index in [9.17, 15) is 0 Å². The first-order chi connectivity index (χ1) is 13.3. The highest BCUT2D eigenvalue weighted by molar-refractivity contribution is 5.94. The summed E-state index contributed by atoms with van der Waals surface area (Å²) in [6.07, 6.45) is 2.25. The van der Waals surface area contributed by atoms with E-state index in [0.29, 0.717) is 6.04 Å². The van der Waals surface area contributed by atoms with Gasteiger partial charge in [-0.15, -0.1) is 0 Å². The Kier molecular flexibility index (Phi) is 2.26. The number of fused-ring (bicyclic) bond motifs is 7. The maximum atomic E-state index is 2.47. The maximum absolute atomic E-state index is 2.47. The standard InChI is InChI=1S/C26H18N/c1-16-17-10-6-13-22-24(17)25-23(14-7-15-27(16)25)26(22)20-11-4-2-8-18(20)19-9-3-5-12-21(19)26/h2-16H,1H3/q+1/t16-/m1/s1. The Bertz CT molecular complexity index is 1200. The first-order valence-electron chi connectivity index (χ1n) is 9.71. The van der Waals surface area contributed by atoms with Gasteiger partial charge in [0.2, 0.25) is 5.69 Å². The molecule has 0 radical (unpaired) electrons. The number of hydrogen-bond acceptors (Lipinski definition) is 0. The third kappa shape index (κ3) is 1.31. The summed E-state index contributed by atoms with van der Waals surface area (Å²) in [5, 5.41) is 0. The Hall–Kier alpha value is -3.19. The van der Waals surface area contributed by atoms with Crippen molar-refractivity contribution in [3.05, 3.63) is 113 Å². The lowest BCUT2D eigenvalue weighted by Crippen LogP contribution is -2.38.